The van der Waals surface area contributed by atoms with Crippen LogP contribution in [0.15, 0.2) is 16.8 Å². The third-order valence-electron chi connectivity index (χ3n) is 3.23. The summed E-state index contributed by atoms with van der Waals surface area (Å²) in [6, 6.07) is 2.61. The van der Waals surface area contributed by atoms with Crippen molar-refractivity contribution in [1.29, 1.82) is 0 Å². The van der Waals surface area contributed by atoms with Crippen molar-refractivity contribution in [3.63, 3.8) is 0 Å². The summed E-state index contributed by atoms with van der Waals surface area (Å²) in [7, 11) is 0. The van der Waals surface area contributed by atoms with E-state index in [1.807, 2.05) is 0 Å². The first-order chi connectivity index (χ1) is 7.40. The van der Waals surface area contributed by atoms with Crippen LogP contribution in [0, 0.1) is 0 Å². The molecule has 2 nitrogen and oxygen atoms in total. The Labute approximate surface area is 95.5 Å². The second kappa shape index (κ2) is 5.64. The Bertz CT molecular complexity index is 273. The molecule has 0 spiro atoms. The summed E-state index contributed by atoms with van der Waals surface area (Å²) in [5.74, 6) is 0. The molecule has 0 bridgehead atoms. The van der Waals surface area contributed by atoms with E-state index in [1.165, 1.54) is 24.8 Å². The van der Waals surface area contributed by atoms with Crippen LogP contribution in [0.1, 0.15) is 24.8 Å². The molecule has 0 saturated carbocycles. The average molecular weight is 225 g/mol. The van der Waals surface area contributed by atoms with Gasteiger partial charge >= 0.3 is 0 Å². The van der Waals surface area contributed by atoms with Gasteiger partial charge in [0.25, 0.3) is 0 Å². The molecule has 0 unspecified atom stereocenters. The monoisotopic (exact) mass is 225 g/mol. The third kappa shape index (κ3) is 3.03. The first kappa shape index (κ1) is 11.1. The summed E-state index contributed by atoms with van der Waals surface area (Å²) < 4.78 is 0. The Morgan fingerprint density at radius 2 is 2.40 bits per heavy atom. The van der Waals surface area contributed by atoms with Gasteiger partial charge in [0.1, 0.15) is 0 Å². The van der Waals surface area contributed by atoms with Gasteiger partial charge in [-0.25, -0.2) is 0 Å². The van der Waals surface area contributed by atoms with Gasteiger partial charge in [0.05, 0.1) is 6.61 Å². The summed E-state index contributed by atoms with van der Waals surface area (Å²) in [6.45, 7) is 2.58. The van der Waals surface area contributed by atoms with E-state index < -0.39 is 0 Å². The lowest BCUT2D eigenvalue weighted by Crippen LogP contribution is -2.42. The minimum absolute atomic E-state index is 0.323. The fourth-order valence-corrected chi connectivity index (χ4v) is 2.97. The molecule has 2 rings (SSSR count). The van der Waals surface area contributed by atoms with Gasteiger partial charge in [-0.15, -0.1) is 0 Å². The number of hydrogen-bond donors (Lipinski definition) is 1. The minimum atomic E-state index is 0.323. The van der Waals surface area contributed by atoms with Gasteiger partial charge in [-0.1, -0.05) is 6.42 Å². The Hall–Kier alpha value is -0.380. The SMILES string of the molecule is OC[C@@H]1CCCCN1CCc1ccsc1. The lowest BCUT2D eigenvalue weighted by Gasteiger charge is -2.34. The molecule has 1 N–H and O–H groups in total. The van der Waals surface area contributed by atoms with E-state index in [9.17, 15) is 5.11 Å². The van der Waals surface area contributed by atoms with Crippen LogP contribution in [-0.4, -0.2) is 35.7 Å². The lowest BCUT2D eigenvalue weighted by molar-refractivity contribution is 0.0913. The standard InChI is InChI=1S/C12H19NOS/c14-9-12-3-1-2-6-13(12)7-4-11-5-8-15-10-11/h5,8,10,12,14H,1-4,6-7,9H2/t12-/m0/s1. The van der Waals surface area contributed by atoms with Crippen LogP contribution < -0.4 is 0 Å². The second-order valence-corrected chi connectivity index (χ2v) is 5.03. The summed E-state index contributed by atoms with van der Waals surface area (Å²) in [4.78, 5) is 2.45. The molecule has 1 atom stereocenters. The van der Waals surface area contributed by atoms with Crippen molar-refractivity contribution in [2.75, 3.05) is 19.7 Å². The van der Waals surface area contributed by atoms with Gasteiger partial charge in [0.15, 0.2) is 0 Å². The summed E-state index contributed by atoms with van der Waals surface area (Å²) >= 11 is 1.76. The maximum atomic E-state index is 9.28. The van der Waals surface area contributed by atoms with E-state index in [0.717, 1.165) is 19.5 Å². The van der Waals surface area contributed by atoms with Crippen molar-refractivity contribution in [2.24, 2.45) is 0 Å². The maximum absolute atomic E-state index is 9.28. The summed E-state index contributed by atoms with van der Waals surface area (Å²) in [6.07, 6.45) is 4.86. The first-order valence-electron chi connectivity index (χ1n) is 5.76. The molecular formula is C12H19NOS. The van der Waals surface area contributed by atoms with Gasteiger partial charge in [0, 0.05) is 12.6 Å². The molecule has 2 heterocycles. The van der Waals surface area contributed by atoms with Gasteiger partial charge in [0.2, 0.25) is 0 Å². The van der Waals surface area contributed by atoms with Crippen LogP contribution in [0.5, 0.6) is 0 Å². The largest absolute Gasteiger partial charge is 0.395 e. The van der Waals surface area contributed by atoms with E-state index >= 15 is 0 Å². The van der Waals surface area contributed by atoms with E-state index in [-0.39, 0.29) is 0 Å². The molecule has 0 amide bonds. The van der Waals surface area contributed by atoms with Crippen LogP contribution in [0.3, 0.4) is 0 Å². The Morgan fingerprint density at radius 3 is 3.13 bits per heavy atom. The second-order valence-electron chi connectivity index (χ2n) is 4.25. The molecule has 1 aliphatic rings. The third-order valence-corrected chi connectivity index (χ3v) is 3.96. The molecule has 0 aromatic carbocycles. The molecular weight excluding hydrogens is 206 g/mol. The van der Waals surface area contributed by atoms with Crippen molar-refractivity contribution < 1.29 is 5.11 Å². The number of likely N-dealkylation sites (tertiary alicyclic amines) is 1. The summed E-state index contributed by atoms with van der Waals surface area (Å²) in [5.41, 5.74) is 1.43. The molecule has 1 aromatic heterocycles. The minimum Gasteiger partial charge on any atom is -0.395 e. The predicted octanol–water partition coefficient (Wildman–Crippen LogP) is 2.14. The highest BCUT2D eigenvalue weighted by molar-refractivity contribution is 7.07. The topological polar surface area (TPSA) is 23.5 Å². The Kier molecular flexibility index (Phi) is 4.18. The zero-order valence-electron chi connectivity index (χ0n) is 9.06. The number of aliphatic hydroxyl groups is 1. The van der Waals surface area contributed by atoms with Crippen molar-refractivity contribution in [3.8, 4) is 0 Å². The fraction of sp³-hybridized carbons (Fsp3) is 0.667. The predicted molar refractivity (Wildman–Crippen MR) is 64.3 cm³/mol. The number of aliphatic hydroxyl groups excluding tert-OH is 1. The Morgan fingerprint density at radius 1 is 1.47 bits per heavy atom. The molecule has 1 aromatic rings. The zero-order valence-corrected chi connectivity index (χ0v) is 9.88. The number of nitrogens with zero attached hydrogens (tertiary/aromatic N) is 1. The maximum Gasteiger partial charge on any atom is 0.0586 e. The van der Waals surface area contributed by atoms with Crippen LogP contribution in [0.25, 0.3) is 0 Å². The molecule has 1 aliphatic heterocycles. The average Bonchev–Trinajstić information content (AvgIpc) is 2.79. The van der Waals surface area contributed by atoms with Crippen molar-refractivity contribution >= 4 is 11.3 Å². The molecule has 84 valence electrons. The summed E-state index contributed by atoms with van der Waals surface area (Å²) in [5, 5.41) is 13.6. The highest BCUT2D eigenvalue weighted by atomic mass is 32.1. The quantitative estimate of drug-likeness (QED) is 0.848. The molecule has 3 heteroatoms. The van der Waals surface area contributed by atoms with Crippen molar-refractivity contribution in [3.05, 3.63) is 22.4 Å². The molecule has 15 heavy (non-hydrogen) atoms. The molecule has 0 radical (unpaired) electrons. The Balaban J connectivity index is 1.81. The number of piperidine rings is 1. The van der Waals surface area contributed by atoms with E-state index in [0.29, 0.717) is 12.6 Å². The van der Waals surface area contributed by atoms with Gasteiger partial charge in [-0.05, 0) is 48.2 Å². The van der Waals surface area contributed by atoms with Crippen LogP contribution in [0.2, 0.25) is 0 Å². The molecule has 1 fully saturated rings. The number of hydrogen-bond acceptors (Lipinski definition) is 3. The van der Waals surface area contributed by atoms with Crippen molar-refractivity contribution in [2.45, 2.75) is 31.7 Å². The van der Waals surface area contributed by atoms with Gasteiger partial charge in [-0.2, -0.15) is 11.3 Å². The molecule has 0 aliphatic carbocycles. The lowest BCUT2D eigenvalue weighted by atomic mass is 10.0. The highest BCUT2D eigenvalue weighted by Gasteiger charge is 2.20. The normalized spacial score (nSPS) is 23.1. The van der Waals surface area contributed by atoms with Crippen LogP contribution in [-0.2, 0) is 6.42 Å². The fourth-order valence-electron chi connectivity index (χ4n) is 2.27. The van der Waals surface area contributed by atoms with Crippen LogP contribution in [0.4, 0.5) is 0 Å². The first-order valence-corrected chi connectivity index (χ1v) is 6.70. The van der Waals surface area contributed by atoms with Crippen LogP contribution >= 0.6 is 11.3 Å². The molecule has 1 saturated heterocycles. The number of thiophene rings is 1. The van der Waals surface area contributed by atoms with Gasteiger partial charge < -0.3 is 5.11 Å². The van der Waals surface area contributed by atoms with Crippen molar-refractivity contribution in [1.82, 2.24) is 4.90 Å². The highest BCUT2D eigenvalue weighted by Crippen LogP contribution is 2.17. The van der Waals surface area contributed by atoms with E-state index in [1.54, 1.807) is 11.3 Å². The number of rotatable bonds is 4. The van der Waals surface area contributed by atoms with E-state index in [4.69, 9.17) is 0 Å². The van der Waals surface area contributed by atoms with Gasteiger partial charge in [-0.3, -0.25) is 4.90 Å². The zero-order chi connectivity index (χ0) is 10.5. The van der Waals surface area contributed by atoms with E-state index in [2.05, 4.69) is 21.7 Å². The smallest absolute Gasteiger partial charge is 0.0586 e.